The minimum absolute atomic E-state index is 0.0248. The van der Waals surface area contributed by atoms with E-state index in [0.717, 1.165) is 21.2 Å². The second-order valence-corrected chi connectivity index (χ2v) is 5.67. The lowest BCUT2D eigenvalue weighted by Gasteiger charge is -2.00. The summed E-state index contributed by atoms with van der Waals surface area (Å²) in [6, 6.07) is 7.30. The first kappa shape index (κ1) is 14.2. The first-order valence-electron chi connectivity index (χ1n) is 5.81. The molecule has 0 aliphatic carbocycles. The molecule has 0 saturated heterocycles. The van der Waals surface area contributed by atoms with E-state index in [9.17, 15) is 4.79 Å². The van der Waals surface area contributed by atoms with Crippen molar-refractivity contribution >= 4 is 43.7 Å². The highest BCUT2D eigenvalue weighted by Crippen LogP contribution is 2.18. The molecular formula is C14H12Br2N2O. The standard InChI is InChI=1S/C14H12Br2N2O/c1-2-18-13(12(16)9-17-18)7-8-14(19)10-3-5-11(15)6-4-10/h3-9H,2H2,1H3/b8-7+. The van der Waals surface area contributed by atoms with Crippen LogP contribution in [0.2, 0.25) is 0 Å². The topological polar surface area (TPSA) is 34.9 Å². The molecule has 2 aromatic rings. The average molecular weight is 384 g/mol. The summed E-state index contributed by atoms with van der Waals surface area (Å²) in [5, 5.41) is 4.20. The van der Waals surface area contributed by atoms with Crippen LogP contribution in [0.5, 0.6) is 0 Å². The van der Waals surface area contributed by atoms with E-state index in [1.807, 2.05) is 23.7 Å². The Hall–Kier alpha value is -1.20. The van der Waals surface area contributed by atoms with E-state index in [1.165, 1.54) is 0 Å². The Morgan fingerprint density at radius 3 is 2.63 bits per heavy atom. The second-order valence-electron chi connectivity index (χ2n) is 3.90. The number of allylic oxidation sites excluding steroid dienone is 1. The van der Waals surface area contributed by atoms with Crippen LogP contribution in [0.1, 0.15) is 23.0 Å². The zero-order valence-corrected chi connectivity index (χ0v) is 13.5. The zero-order valence-electron chi connectivity index (χ0n) is 10.3. The lowest BCUT2D eigenvalue weighted by molar-refractivity contribution is 0.104. The maximum absolute atomic E-state index is 12.0. The number of hydrogen-bond donors (Lipinski definition) is 0. The third-order valence-electron chi connectivity index (χ3n) is 2.65. The van der Waals surface area contributed by atoms with Gasteiger partial charge in [0.1, 0.15) is 0 Å². The van der Waals surface area contributed by atoms with Crippen LogP contribution in [0.15, 0.2) is 45.5 Å². The van der Waals surface area contributed by atoms with Crippen LogP contribution >= 0.6 is 31.9 Å². The average Bonchev–Trinajstić information content (AvgIpc) is 2.77. The molecule has 0 aliphatic heterocycles. The molecule has 0 radical (unpaired) electrons. The predicted molar refractivity (Wildman–Crippen MR) is 83.1 cm³/mol. The largest absolute Gasteiger partial charge is 0.289 e. The Kier molecular flexibility index (Phi) is 4.71. The molecule has 1 aromatic carbocycles. The van der Waals surface area contributed by atoms with Crippen molar-refractivity contribution in [3.63, 3.8) is 0 Å². The fourth-order valence-electron chi connectivity index (χ4n) is 1.65. The van der Waals surface area contributed by atoms with E-state index in [4.69, 9.17) is 0 Å². The van der Waals surface area contributed by atoms with Gasteiger partial charge >= 0.3 is 0 Å². The molecular weight excluding hydrogens is 372 g/mol. The van der Waals surface area contributed by atoms with E-state index in [2.05, 4.69) is 37.0 Å². The van der Waals surface area contributed by atoms with Crippen LogP contribution in [0.4, 0.5) is 0 Å². The number of halogens is 2. The molecule has 98 valence electrons. The van der Waals surface area contributed by atoms with Crippen molar-refractivity contribution < 1.29 is 4.79 Å². The zero-order chi connectivity index (χ0) is 13.8. The number of aryl methyl sites for hydroxylation is 1. The molecule has 0 saturated carbocycles. The summed E-state index contributed by atoms with van der Waals surface area (Å²) in [5.41, 5.74) is 1.56. The van der Waals surface area contributed by atoms with Gasteiger partial charge in [0.15, 0.2) is 5.78 Å². The predicted octanol–water partition coefficient (Wildman–Crippen LogP) is 4.32. The number of hydrogen-bond acceptors (Lipinski definition) is 2. The van der Waals surface area contributed by atoms with Crippen LogP contribution in [0, 0.1) is 0 Å². The summed E-state index contributed by atoms with van der Waals surface area (Å²) >= 11 is 6.77. The highest BCUT2D eigenvalue weighted by Gasteiger charge is 2.06. The summed E-state index contributed by atoms with van der Waals surface area (Å²) in [5.74, 6) is -0.0248. The van der Waals surface area contributed by atoms with Gasteiger partial charge in [0.25, 0.3) is 0 Å². The molecule has 0 aliphatic rings. The quantitative estimate of drug-likeness (QED) is 0.581. The van der Waals surface area contributed by atoms with E-state index < -0.39 is 0 Å². The van der Waals surface area contributed by atoms with Crippen molar-refractivity contribution in [1.82, 2.24) is 9.78 Å². The normalized spacial score (nSPS) is 11.1. The van der Waals surface area contributed by atoms with Gasteiger partial charge in [-0.3, -0.25) is 9.48 Å². The number of carbonyl (C=O) groups is 1. The smallest absolute Gasteiger partial charge is 0.185 e. The Balaban J connectivity index is 2.20. The summed E-state index contributed by atoms with van der Waals surface area (Å²) in [4.78, 5) is 12.0. The molecule has 0 amide bonds. The van der Waals surface area contributed by atoms with Gasteiger partial charge in [0, 0.05) is 16.6 Å². The summed E-state index contributed by atoms with van der Waals surface area (Å²) in [6.07, 6.45) is 5.08. The summed E-state index contributed by atoms with van der Waals surface area (Å²) in [6.45, 7) is 2.77. The van der Waals surface area contributed by atoms with Crippen LogP contribution < -0.4 is 0 Å². The maximum Gasteiger partial charge on any atom is 0.185 e. The van der Waals surface area contributed by atoms with Crippen molar-refractivity contribution in [3.05, 3.63) is 56.7 Å². The molecule has 0 spiro atoms. The van der Waals surface area contributed by atoms with Crippen LogP contribution in [0.25, 0.3) is 6.08 Å². The molecule has 0 N–H and O–H groups in total. The highest BCUT2D eigenvalue weighted by molar-refractivity contribution is 9.10. The number of carbonyl (C=O) groups excluding carboxylic acids is 1. The summed E-state index contributed by atoms with van der Waals surface area (Å²) < 4.78 is 3.67. The minimum atomic E-state index is -0.0248. The van der Waals surface area contributed by atoms with Crippen molar-refractivity contribution in [3.8, 4) is 0 Å². The molecule has 0 fully saturated rings. The van der Waals surface area contributed by atoms with Gasteiger partial charge in [-0.25, -0.2) is 0 Å². The first-order valence-corrected chi connectivity index (χ1v) is 7.39. The molecule has 0 bridgehead atoms. The summed E-state index contributed by atoms with van der Waals surface area (Å²) in [7, 11) is 0. The Bertz CT molecular complexity index is 615. The lowest BCUT2D eigenvalue weighted by atomic mass is 10.1. The highest BCUT2D eigenvalue weighted by atomic mass is 79.9. The van der Waals surface area contributed by atoms with E-state index in [1.54, 1.807) is 30.5 Å². The van der Waals surface area contributed by atoms with E-state index in [0.29, 0.717) is 5.56 Å². The number of benzene rings is 1. The Morgan fingerprint density at radius 2 is 2.00 bits per heavy atom. The number of ketones is 1. The van der Waals surface area contributed by atoms with Crippen molar-refractivity contribution in [2.75, 3.05) is 0 Å². The van der Waals surface area contributed by atoms with Crippen molar-refractivity contribution in [2.24, 2.45) is 0 Å². The van der Waals surface area contributed by atoms with Crippen LogP contribution in [-0.4, -0.2) is 15.6 Å². The van der Waals surface area contributed by atoms with E-state index >= 15 is 0 Å². The van der Waals surface area contributed by atoms with Gasteiger partial charge in [-0.2, -0.15) is 5.10 Å². The second kappa shape index (κ2) is 6.30. The van der Waals surface area contributed by atoms with Gasteiger partial charge in [0.2, 0.25) is 0 Å². The fourth-order valence-corrected chi connectivity index (χ4v) is 2.35. The van der Waals surface area contributed by atoms with E-state index in [-0.39, 0.29) is 5.78 Å². The van der Waals surface area contributed by atoms with Crippen molar-refractivity contribution in [1.29, 1.82) is 0 Å². The molecule has 19 heavy (non-hydrogen) atoms. The molecule has 3 nitrogen and oxygen atoms in total. The molecule has 0 atom stereocenters. The third kappa shape index (κ3) is 3.42. The number of aromatic nitrogens is 2. The number of nitrogens with zero attached hydrogens (tertiary/aromatic N) is 2. The molecule has 0 unspecified atom stereocenters. The van der Waals surface area contributed by atoms with Crippen LogP contribution in [0.3, 0.4) is 0 Å². The molecule has 2 rings (SSSR count). The monoisotopic (exact) mass is 382 g/mol. The van der Waals surface area contributed by atoms with Gasteiger partial charge in [-0.1, -0.05) is 15.9 Å². The van der Waals surface area contributed by atoms with Crippen molar-refractivity contribution in [2.45, 2.75) is 13.5 Å². The molecule has 5 heteroatoms. The third-order valence-corrected chi connectivity index (χ3v) is 3.79. The Morgan fingerprint density at radius 1 is 1.32 bits per heavy atom. The fraction of sp³-hybridized carbons (Fsp3) is 0.143. The maximum atomic E-state index is 12.0. The van der Waals surface area contributed by atoms with Gasteiger partial charge in [-0.15, -0.1) is 0 Å². The van der Waals surface area contributed by atoms with Crippen LogP contribution in [-0.2, 0) is 6.54 Å². The first-order chi connectivity index (χ1) is 9.11. The molecule has 1 heterocycles. The Labute approximate surface area is 128 Å². The SMILES string of the molecule is CCn1ncc(Br)c1/C=C/C(=O)c1ccc(Br)cc1. The molecule has 1 aromatic heterocycles. The number of rotatable bonds is 4. The van der Waals surface area contributed by atoms with Gasteiger partial charge < -0.3 is 0 Å². The lowest BCUT2D eigenvalue weighted by Crippen LogP contribution is -1.99. The van der Waals surface area contributed by atoms with Gasteiger partial charge in [-0.05, 0) is 59.3 Å². The van der Waals surface area contributed by atoms with Gasteiger partial charge in [0.05, 0.1) is 16.4 Å². The minimum Gasteiger partial charge on any atom is -0.289 e.